The first-order valence-corrected chi connectivity index (χ1v) is 9.19. The van der Waals surface area contributed by atoms with Crippen molar-refractivity contribution in [3.8, 4) is 28.1 Å². The van der Waals surface area contributed by atoms with Crippen LogP contribution in [0, 0.1) is 0 Å². The van der Waals surface area contributed by atoms with Crippen molar-refractivity contribution in [2.75, 3.05) is 0 Å². The van der Waals surface area contributed by atoms with Gasteiger partial charge in [-0.1, -0.05) is 42.5 Å². The van der Waals surface area contributed by atoms with Crippen LogP contribution in [0.15, 0.2) is 66.7 Å². The molecule has 4 heteroatoms. The van der Waals surface area contributed by atoms with Gasteiger partial charge in [0.05, 0.1) is 5.52 Å². The van der Waals surface area contributed by atoms with Crippen LogP contribution in [0.25, 0.3) is 33.3 Å². The van der Waals surface area contributed by atoms with Crippen LogP contribution in [0.1, 0.15) is 25.5 Å². The predicted molar refractivity (Wildman–Crippen MR) is 111 cm³/mol. The van der Waals surface area contributed by atoms with Gasteiger partial charge in [-0.15, -0.1) is 0 Å². The summed E-state index contributed by atoms with van der Waals surface area (Å²) in [5.41, 5.74) is 12.4. The quantitative estimate of drug-likeness (QED) is 0.533. The molecule has 0 aliphatic carbocycles. The molecule has 0 aliphatic rings. The highest BCUT2D eigenvalue weighted by molar-refractivity contribution is 6.02. The summed E-state index contributed by atoms with van der Waals surface area (Å²) >= 11 is 0. The molecule has 1 heterocycles. The number of aromatic nitrogens is 2. The summed E-state index contributed by atoms with van der Waals surface area (Å²) in [6, 6.07) is 22.0. The van der Waals surface area contributed by atoms with Gasteiger partial charge in [-0.05, 0) is 49.2 Å². The van der Waals surface area contributed by atoms with Crippen LogP contribution in [0.3, 0.4) is 0 Å². The molecule has 0 spiro atoms. The number of aromatic hydroxyl groups is 1. The molecule has 3 aromatic carbocycles. The maximum atomic E-state index is 9.62. The number of para-hydroxylation sites is 1. The lowest BCUT2D eigenvalue weighted by atomic mass is 9.96. The first-order chi connectivity index (χ1) is 13.1. The lowest BCUT2D eigenvalue weighted by Gasteiger charge is -2.13. The van der Waals surface area contributed by atoms with Gasteiger partial charge in [-0.25, -0.2) is 0 Å². The molecule has 3 N–H and O–H groups in total. The van der Waals surface area contributed by atoms with Gasteiger partial charge in [0.15, 0.2) is 0 Å². The maximum Gasteiger partial charge on any atom is 0.115 e. The van der Waals surface area contributed by atoms with Crippen LogP contribution >= 0.6 is 0 Å². The zero-order valence-corrected chi connectivity index (χ0v) is 15.6. The molecule has 4 nitrogen and oxygen atoms in total. The minimum atomic E-state index is 0.213. The number of nitrogens with zero attached hydrogens (tertiary/aromatic N) is 2. The number of benzene rings is 3. The second-order valence-corrected chi connectivity index (χ2v) is 7.00. The third-order valence-corrected chi connectivity index (χ3v) is 4.89. The smallest absolute Gasteiger partial charge is 0.115 e. The molecular weight excluding hydrogens is 334 g/mol. The normalized spacial score (nSPS) is 11.4. The van der Waals surface area contributed by atoms with Crippen molar-refractivity contribution in [3.05, 3.63) is 72.3 Å². The van der Waals surface area contributed by atoms with Crippen LogP contribution in [-0.4, -0.2) is 14.9 Å². The van der Waals surface area contributed by atoms with Crippen molar-refractivity contribution in [2.24, 2.45) is 5.73 Å². The average molecular weight is 357 g/mol. The zero-order valence-electron chi connectivity index (χ0n) is 15.6. The molecule has 1 aromatic heterocycles. The van der Waals surface area contributed by atoms with Gasteiger partial charge in [0.2, 0.25) is 0 Å². The highest BCUT2D eigenvalue weighted by atomic mass is 16.3. The average Bonchev–Trinajstić information content (AvgIpc) is 3.09. The Kier molecular flexibility index (Phi) is 4.42. The largest absolute Gasteiger partial charge is 0.508 e. The lowest BCUT2D eigenvalue weighted by Crippen LogP contribution is -2.04. The molecular formula is C23H23N3O. The fraction of sp³-hybridized carbons (Fsp3) is 0.174. The van der Waals surface area contributed by atoms with Crippen LogP contribution in [-0.2, 0) is 6.54 Å². The Morgan fingerprint density at radius 1 is 0.926 bits per heavy atom. The summed E-state index contributed by atoms with van der Waals surface area (Å²) in [4.78, 5) is 0. The van der Waals surface area contributed by atoms with Gasteiger partial charge in [0.1, 0.15) is 11.4 Å². The third kappa shape index (κ3) is 2.98. The Balaban J connectivity index is 2.04. The first-order valence-electron chi connectivity index (χ1n) is 9.19. The van der Waals surface area contributed by atoms with E-state index in [0.717, 1.165) is 38.9 Å². The molecule has 0 amide bonds. The Hall–Kier alpha value is -3.11. The molecule has 4 aromatic rings. The minimum Gasteiger partial charge on any atom is -0.508 e. The van der Waals surface area contributed by atoms with E-state index in [0.29, 0.717) is 6.54 Å². The Morgan fingerprint density at radius 2 is 1.63 bits per heavy atom. The monoisotopic (exact) mass is 357 g/mol. The van der Waals surface area contributed by atoms with E-state index < -0.39 is 0 Å². The molecule has 0 aliphatic heterocycles. The molecule has 0 unspecified atom stereocenters. The van der Waals surface area contributed by atoms with E-state index in [2.05, 4.69) is 48.9 Å². The topological polar surface area (TPSA) is 64.1 Å². The van der Waals surface area contributed by atoms with Gasteiger partial charge in [0.25, 0.3) is 0 Å². The number of phenols is 1. The van der Waals surface area contributed by atoms with E-state index in [-0.39, 0.29) is 11.8 Å². The number of nitrogens with two attached hydrogens (primary N) is 1. The van der Waals surface area contributed by atoms with Gasteiger partial charge >= 0.3 is 0 Å². The Bertz CT molecular complexity index is 1090. The fourth-order valence-electron chi connectivity index (χ4n) is 3.58. The van der Waals surface area contributed by atoms with Gasteiger partial charge in [0, 0.05) is 29.1 Å². The standard InChI is InChI=1S/C23H23N3O/c1-15(2)26-23-20(19-7-4-3-6-17(19)14-24)8-5-9-21(23)22(25-26)16-10-12-18(27)13-11-16/h3-13,15,27H,14,24H2,1-2H3. The van der Waals surface area contributed by atoms with E-state index in [1.54, 1.807) is 12.1 Å². The molecule has 0 radical (unpaired) electrons. The highest BCUT2D eigenvalue weighted by Crippen LogP contribution is 2.37. The summed E-state index contributed by atoms with van der Waals surface area (Å²) in [5.74, 6) is 0.254. The second-order valence-electron chi connectivity index (χ2n) is 7.00. The number of hydrogen-bond donors (Lipinski definition) is 2. The van der Waals surface area contributed by atoms with E-state index in [1.807, 2.05) is 24.3 Å². The van der Waals surface area contributed by atoms with Crippen molar-refractivity contribution in [1.82, 2.24) is 9.78 Å². The molecule has 0 bridgehead atoms. The second kappa shape index (κ2) is 6.89. The van der Waals surface area contributed by atoms with E-state index >= 15 is 0 Å². The molecule has 0 saturated carbocycles. The van der Waals surface area contributed by atoms with Gasteiger partial charge < -0.3 is 10.8 Å². The Morgan fingerprint density at radius 3 is 2.33 bits per heavy atom. The van der Waals surface area contributed by atoms with Gasteiger partial charge in [-0.2, -0.15) is 5.10 Å². The fourth-order valence-corrected chi connectivity index (χ4v) is 3.58. The minimum absolute atomic E-state index is 0.213. The molecule has 27 heavy (non-hydrogen) atoms. The molecule has 0 atom stereocenters. The lowest BCUT2D eigenvalue weighted by molar-refractivity contribution is 0.475. The number of hydrogen-bond acceptors (Lipinski definition) is 3. The van der Waals surface area contributed by atoms with E-state index in [1.165, 1.54) is 0 Å². The summed E-state index contributed by atoms with van der Waals surface area (Å²) in [6.45, 7) is 4.77. The maximum absolute atomic E-state index is 9.62. The molecule has 136 valence electrons. The third-order valence-electron chi connectivity index (χ3n) is 4.89. The van der Waals surface area contributed by atoms with Crippen molar-refractivity contribution in [2.45, 2.75) is 26.4 Å². The first kappa shape index (κ1) is 17.3. The summed E-state index contributed by atoms with van der Waals surface area (Å²) in [6.07, 6.45) is 0. The SMILES string of the molecule is CC(C)n1nc(-c2ccc(O)cc2)c2cccc(-c3ccccc3CN)c21. The zero-order chi connectivity index (χ0) is 19.0. The summed E-state index contributed by atoms with van der Waals surface area (Å²) in [7, 11) is 0. The molecule has 0 fully saturated rings. The van der Waals surface area contributed by atoms with Crippen molar-refractivity contribution >= 4 is 10.9 Å². The number of rotatable bonds is 4. The van der Waals surface area contributed by atoms with Crippen molar-refractivity contribution < 1.29 is 5.11 Å². The van der Waals surface area contributed by atoms with E-state index in [4.69, 9.17) is 10.8 Å². The van der Waals surface area contributed by atoms with Gasteiger partial charge in [-0.3, -0.25) is 4.68 Å². The van der Waals surface area contributed by atoms with Crippen LogP contribution in [0.5, 0.6) is 5.75 Å². The molecule has 0 saturated heterocycles. The van der Waals surface area contributed by atoms with Crippen LogP contribution < -0.4 is 5.73 Å². The Labute approximate surface area is 158 Å². The predicted octanol–water partition coefficient (Wildman–Crippen LogP) is 5.12. The van der Waals surface area contributed by atoms with Crippen molar-refractivity contribution in [1.29, 1.82) is 0 Å². The molecule has 4 rings (SSSR count). The highest BCUT2D eigenvalue weighted by Gasteiger charge is 2.18. The number of phenolic OH excluding ortho intramolecular Hbond substituents is 1. The summed E-state index contributed by atoms with van der Waals surface area (Å²) < 4.78 is 2.08. The number of fused-ring (bicyclic) bond motifs is 1. The van der Waals surface area contributed by atoms with E-state index in [9.17, 15) is 5.11 Å². The van der Waals surface area contributed by atoms with Crippen LogP contribution in [0.4, 0.5) is 0 Å². The van der Waals surface area contributed by atoms with Crippen LogP contribution in [0.2, 0.25) is 0 Å². The van der Waals surface area contributed by atoms with Crippen molar-refractivity contribution in [3.63, 3.8) is 0 Å². The summed E-state index contributed by atoms with van der Waals surface area (Å²) in [5, 5.41) is 15.7.